The number of hydrogen-bond donors (Lipinski definition) is 2. The average Bonchev–Trinajstić information content (AvgIpc) is 2.62. The van der Waals surface area contributed by atoms with Crippen LogP contribution in [0.3, 0.4) is 0 Å². The van der Waals surface area contributed by atoms with Crippen molar-refractivity contribution in [2.45, 2.75) is 52.7 Å². The SMILES string of the molecule is CCOC(=O)c1ccc(NC(=S)NC2CC(C)(C)Oc3cc(C)ccc32)c(C)c1. The molecule has 0 saturated carbocycles. The van der Waals surface area contributed by atoms with Crippen LogP contribution in [0, 0.1) is 13.8 Å². The van der Waals surface area contributed by atoms with E-state index >= 15 is 0 Å². The molecule has 0 saturated heterocycles. The van der Waals surface area contributed by atoms with Crippen molar-refractivity contribution < 1.29 is 14.3 Å². The van der Waals surface area contributed by atoms with E-state index in [-0.39, 0.29) is 17.6 Å². The lowest BCUT2D eigenvalue weighted by Crippen LogP contribution is -2.42. The van der Waals surface area contributed by atoms with E-state index < -0.39 is 0 Å². The van der Waals surface area contributed by atoms with Gasteiger partial charge in [0.1, 0.15) is 11.4 Å². The number of esters is 1. The van der Waals surface area contributed by atoms with E-state index in [1.54, 1.807) is 19.1 Å². The molecule has 0 amide bonds. The topological polar surface area (TPSA) is 59.6 Å². The fraction of sp³-hybridized carbons (Fsp3) is 0.391. The van der Waals surface area contributed by atoms with Gasteiger partial charge in [-0.05, 0) is 82.2 Å². The van der Waals surface area contributed by atoms with E-state index in [0.29, 0.717) is 17.3 Å². The van der Waals surface area contributed by atoms with Gasteiger partial charge in [-0.3, -0.25) is 0 Å². The normalized spacial score (nSPS) is 16.9. The Morgan fingerprint density at radius 3 is 2.69 bits per heavy atom. The molecule has 1 unspecified atom stereocenters. The number of ether oxygens (including phenoxy) is 2. The molecular formula is C23H28N2O3S. The first-order chi connectivity index (χ1) is 13.7. The van der Waals surface area contributed by atoms with Crippen molar-refractivity contribution in [3.8, 4) is 5.75 Å². The van der Waals surface area contributed by atoms with Crippen LogP contribution in [0.5, 0.6) is 5.75 Å². The molecule has 1 atom stereocenters. The molecule has 1 heterocycles. The van der Waals surface area contributed by atoms with Crippen LogP contribution in [-0.4, -0.2) is 23.3 Å². The summed E-state index contributed by atoms with van der Waals surface area (Å²) in [7, 11) is 0. The van der Waals surface area contributed by atoms with Crippen LogP contribution in [0.25, 0.3) is 0 Å². The lowest BCUT2D eigenvalue weighted by Gasteiger charge is -2.38. The quantitative estimate of drug-likeness (QED) is 0.540. The molecule has 2 aromatic rings. The molecule has 1 aliphatic rings. The summed E-state index contributed by atoms with van der Waals surface area (Å²) >= 11 is 5.58. The first-order valence-electron chi connectivity index (χ1n) is 9.83. The average molecular weight is 413 g/mol. The van der Waals surface area contributed by atoms with E-state index in [1.165, 1.54) is 5.56 Å². The number of aryl methyl sites for hydroxylation is 2. The molecule has 0 aliphatic carbocycles. The van der Waals surface area contributed by atoms with Gasteiger partial charge in [0.15, 0.2) is 5.11 Å². The monoisotopic (exact) mass is 412 g/mol. The molecule has 0 spiro atoms. The van der Waals surface area contributed by atoms with Gasteiger partial charge in [0.2, 0.25) is 0 Å². The fourth-order valence-corrected chi connectivity index (χ4v) is 3.80. The van der Waals surface area contributed by atoms with Gasteiger partial charge in [0.05, 0.1) is 18.2 Å². The van der Waals surface area contributed by atoms with Gasteiger partial charge in [-0.1, -0.05) is 12.1 Å². The Bertz CT molecular complexity index is 940. The summed E-state index contributed by atoms with van der Waals surface area (Å²) in [6, 6.07) is 11.7. The first-order valence-corrected chi connectivity index (χ1v) is 10.2. The second-order valence-corrected chi connectivity index (χ2v) is 8.42. The van der Waals surface area contributed by atoms with Crippen LogP contribution in [0.15, 0.2) is 36.4 Å². The summed E-state index contributed by atoms with van der Waals surface area (Å²) in [5.74, 6) is 0.579. The van der Waals surface area contributed by atoms with Crippen LogP contribution >= 0.6 is 12.2 Å². The minimum absolute atomic E-state index is 0.0495. The maximum absolute atomic E-state index is 11.9. The molecule has 0 aromatic heterocycles. The van der Waals surface area contributed by atoms with Crippen LogP contribution < -0.4 is 15.4 Å². The number of thiocarbonyl (C=S) groups is 1. The van der Waals surface area contributed by atoms with Gasteiger partial charge in [-0.2, -0.15) is 0 Å². The highest BCUT2D eigenvalue weighted by Gasteiger charge is 2.34. The Morgan fingerprint density at radius 1 is 1.24 bits per heavy atom. The third kappa shape index (κ3) is 5.07. The molecule has 0 radical (unpaired) electrons. The predicted molar refractivity (Wildman–Crippen MR) is 120 cm³/mol. The number of rotatable bonds is 4. The Balaban J connectivity index is 1.73. The summed E-state index contributed by atoms with van der Waals surface area (Å²) < 4.78 is 11.2. The lowest BCUT2D eigenvalue weighted by molar-refractivity contribution is 0.0526. The predicted octanol–water partition coefficient (Wildman–Crippen LogP) is 5.07. The summed E-state index contributed by atoms with van der Waals surface area (Å²) in [6.45, 7) is 10.3. The number of hydrogen-bond acceptors (Lipinski definition) is 4. The summed E-state index contributed by atoms with van der Waals surface area (Å²) in [5, 5.41) is 7.22. The van der Waals surface area contributed by atoms with Crippen LogP contribution in [0.4, 0.5) is 5.69 Å². The Hall–Kier alpha value is -2.60. The highest BCUT2D eigenvalue weighted by atomic mass is 32.1. The second-order valence-electron chi connectivity index (χ2n) is 8.01. The van der Waals surface area contributed by atoms with Crippen molar-refractivity contribution in [3.63, 3.8) is 0 Å². The molecule has 1 aliphatic heterocycles. The van der Waals surface area contributed by atoms with Gasteiger partial charge in [0.25, 0.3) is 0 Å². The Morgan fingerprint density at radius 2 is 2.00 bits per heavy atom. The van der Waals surface area contributed by atoms with Crippen molar-refractivity contribution in [2.24, 2.45) is 0 Å². The third-order valence-corrected chi connectivity index (χ3v) is 5.14. The number of fused-ring (bicyclic) bond motifs is 1. The smallest absolute Gasteiger partial charge is 0.338 e. The van der Waals surface area contributed by atoms with Gasteiger partial charge in [0, 0.05) is 17.7 Å². The van der Waals surface area contributed by atoms with Crippen molar-refractivity contribution >= 4 is 29.0 Å². The summed E-state index contributed by atoms with van der Waals surface area (Å²) in [4.78, 5) is 11.9. The molecule has 154 valence electrons. The van der Waals surface area contributed by atoms with Gasteiger partial charge < -0.3 is 20.1 Å². The minimum Gasteiger partial charge on any atom is -0.487 e. The standard InChI is InChI=1S/C23H28N2O3S/c1-6-27-21(26)16-8-10-18(15(3)12-16)24-22(29)25-19-13-23(4,5)28-20-11-14(2)7-9-17(19)20/h7-12,19H,6,13H2,1-5H3,(H2,24,25,29). The molecule has 6 heteroatoms. The van der Waals surface area contributed by atoms with E-state index in [4.69, 9.17) is 21.7 Å². The van der Waals surface area contributed by atoms with Gasteiger partial charge in [-0.15, -0.1) is 0 Å². The van der Waals surface area contributed by atoms with Crippen molar-refractivity contribution in [2.75, 3.05) is 11.9 Å². The maximum Gasteiger partial charge on any atom is 0.338 e. The highest BCUT2D eigenvalue weighted by molar-refractivity contribution is 7.80. The zero-order valence-electron chi connectivity index (χ0n) is 17.6. The lowest BCUT2D eigenvalue weighted by atomic mass is 9.89. The molecule has 0 bridgehead atoms. The van der Waals surface area contributed by atoms with Crippen LogP contribution in [-0.2, 0) is 4.74 Å². The van der Waals surface area contributed by atoms with E-state index in [9.17, 15) is 4.79 Å². The van der Waals surface area contributed by atoms with Crippen molar-refractivity contribution in [3.05, 3.63) is 58.7 Å². The molecular weight excluding hydrogens is 384 g/mol. The van der Waals surface area contributed by atoms with Gasteiger partial charge >= 0.3 is 5.97 Å². The molecule has 2 aromatic carbocycles. The summed E-state index contributed by atoms with van der Waals surface area (Å²) in [6.07, 6.45) is 0.797. The molecule has 0 fully saturated rings. The molecule has 29 heavy (non-hydrogen) atoms. The molecule has 3 rings (SSSR count). The number of anilines is 1. The van der Waals surface area contributed by atoms with Crippen molar-refractivity contribution in [1.82, 2.24) is 5.32 Å². The highest BCUT2D eigenvalue weighted by Crippen LogP contribution is 2.39. The number of nitrogens with one attached hydrogen (secondary N) is 2. The van der Waals surface area contributed by atoms with Crippen LogP contribution in [0.1, 0.15) is 60.3 Å². The largest absolute Gasteiger partial charge is 0.487 e. The molecule has 5 nitrogen and oxygen atoms in total. The second kappa shape index (κ2) is 8.41. The van der Waals surface area contributed by atoms with Gasteiger partial charge in [-0.25, -0.2) is 4.79 Å². The van der Waals surface area contributed by atoms with Crippen LogP contribution in [0.2, 0.25) is 0 Å². The fourth-order valence-electron chi connectivity index (χ4n) is 3.55. The summed E-state index contributed by atoms with van der Waals surface area (Å²) in [5.41, 5.74) is 4.29. The number of carbonyl (C=O) groups is 1. The van der Waals surface area contributed by atoms with Crippen molar-refractivity contribution in [1.29, 1.82) is 0 Å². The molecule has 2 N–H and O–H groups in total. The minimum atomic E-state index is -0.320. The third-order valence-electron chi connectivity index (χ3n) is 4.92. The maximum atomic E-state index is 11.9. The van der Waals surface area contributed by atoms with E-state index in [2.05, 4.69) is 49.6 Å². The Kier molecular flexibility index (Phi) is 6.13. The number of carbonyl (C=O) groups excluding carboxylic acids is 1. The Labute approximate surface area is 177 Å². The van der Waals surface area contributed by atoms with E-state index in [0.717, 1.165) is 29.0 Å². The zero-order valence-corrected chi connectivity index (χ0v) is 18.4. The zero-order chi connectivity index (χ0) is 21.2. The van der Waals surface area contributed by atoms with E-state index in [1.807, 2.05) is 13.0 Å². The first kappa shape index (κ1) is 21.1. The number of benzene rings is 2.